The van der Waals surface area contributed by atoms with Gasteiger partial charge in [0.2, 0.25) is 5.91 Å². The number of carbonyl (C=O) groups excluding carboxylic acids is 1. The third kappa shape index (κ3) is 5.20. The fourth-order valence-electron chi connectivity index (χ4n) is 3.62. The lowest BCUT2D eigenvalue weighted by atomic mass is 10.1. The predicted molar refractivity (Wildman–Crippen MR) is 131 cm³/mol. The second-order valence-electron chi connectivity index (χ2n) is 8.24. The number of piperazine rings is 1. The number of hydrogen-bond acceptors (Lipinski definition) is 7. The van der Waals surface area contributed by atoms with E-state index in [4.69, 9.17) is 15.5 Å². The van der Waals surface area contributed by atoms with E-state index in [1.165, 1.54) is 17.0 Å². The molecule has 168 valence electrons. The number of nitrogens with zero attached hydrogens (tertiary/aromatic N) is 3. The maximum absolute atomic E-state index is 11.6. The largest absolute Gasteiger partial charge is 0.489 e. The quantitative estimate of drug-likeness (QED) is 0.560. The summed E-state index contributed by atoms with van der Waals surface area (Å²) in [6.07, 6.45) is 0.000603. The smallest absolute Gasteiger partial charge is 0.248 e. The Labute approximate surface area is 192 Å². The molecule has 0 saturated carbocycles. The molecule has 0 atom stereocenters. The van der Waals surface area contributed by atoms with Crippen molar-refractivity contribution in [1.82, 2.24) is 9.88 Å². The lowest BCUT2D eigenvalue weighted by Crippen LogP contribution is -2.44. The van der Waals surface area contributed by atoms with Crippen molar-refractivity contribution in [1.29, 1.82) is 0 Å². The fraction of sp³-hybridized carbons (Fsp3) is 0.333. The summed E-state index contributed by atoms with van der Waals surface area (Å²) < 4.78 is 5.88. The van der Waals surface area contributed by atoms with Crippen LogP contribution in [0.5, 0.6) is 5.75 Å². The average molecular weight is 452 g/mol. The molecule has 3 aromatic rings. The van der Waals surface area contributed by atoms with Crippen molar-refractivity contribution in [2.75, 3.05) is 43.4 Å². The lowest BCUT2D eigenvalue weighted by Gasteiger charge is -2.34. The molecule has 1 aliphatic heterocycles. The summed E-state index contributed by atoms with van der Waals surface area (Å²) in [5, 5.41) is 6.03. The maximum Gasteiger partial charge on any atom is 0.248 e. The topological polar surface area (TPSA) is 83.7 Å². The minimum absolute atomic E-state index is 0.000603. The molecule has 2 heterocycles. The number of rotatable bonds is 7. The lowest BCUT2D eigenvalue weighted by molar-refractivity contribution is 0.100. The van der Waals surface area contributed by atoms with Gasteiger partial charge in [0.25, 0.3) is 0 Å². The van der Waals surface area contributed by atoms with Crippen LogP contribution < -0.4 is 20.7 Å². The molecule has 7 nitrogen and oxygen atoms in total. The summed E-state index contributed by atoms with van der Waals surface area (Å²) in [4.78, 5) is 21.1. The van der Waals surface area contributed by atoms with Gasteiger partial charge in [-0.05, 0) is 51.2 Å². The normalized spacial score (nSPS) is 14.6. The van der Waals surface area contributed by atoms with E-state index in [1.54, 1.807) is 18.2 Å². The number of nitrogens with one attached hydrogen (secondary N) is 1. The second-order valence-corrected chi connectivity index (χ2v) is 9.10. The van der Waals surface area contributed by atoms with Crippen molar-refractivity contribution in [3.05, 3.63) is 53.4 Å². The summed E-state index contributed by atoms with van der Waals surface area (Å²) in [6, 6.07) is 13.7. The van der Waals surface area contributed by atoms with Gasteiger partial charge < -0.3 is 25.6 Å². The monoisotopic (exact) mass is 451 g/mol. The van der Waals surface area contributed by atoms with Crippen molar-refractivity contribution in [3.8, 4) is 17.0 Å². The molecule has 32 heavy (non-hydrogen) atoms. The highest BCUT2D eigenvalue weighted by molar-refractivity contribution is 7.14. The molecule has 3 N–H and O–H groups in total. The number of benzene rings is 2. The molecule has 2 aromatic carbocycles. The Bertz CT molecular complexity index is 1070. The number of ether oxygens (including phenoxy) is 1. The first kappa shape index (κ1) is 22.1. The molecular weight excluding hydrogens is 422 g/mol. The zero-order valence-corrected chi connectivity index (χ0v) is 19.5. The summed E-state index contributed by atoms with van der Waals surface area (Å²) in [5.74, 6) is 0.169. The van der Waals surface area contributed by atoms with Crippen molar-refractivity contribution >= 4 is 33.8 Å². The molecule has 1 saturated heterocycles. The van der Waals surface area contributed by atoms with E-state index < -0.39 is 5.91 Å². The molecule has 0 spiro atoms. The van der Waals surface area contributed by atoms with Crippen molar-refractivity contribution in [2.45, 2.75) is 20.0 Å². The van der Waals surface area contributed by atoms with Gasteiger partial charge in [-0.25, -0.2) is 4.98 Å². The van der Waals surface area contributed by atoms with Gasteiger partial charge in [-0.3, -0.25) is 4.79 Å². The predicted octanol–water partition coefficient (Wildman–Crippen LogP) is 4.19. The number of primary amides is 1. The molecule has 1 aliphatic rings. The van der Waals surface area contributed by atoms with Crippen LogP contribution in [0, 0.1) is 0 Å². The SMILES string of the molecule is CC(C)Oc1ccc(C(N)=O)cc1Nc1nc(-c2ccc(N3CCN(C)CC3)cc2)cs1. The minimum Gasteiger partial charge on any atom is -0.489 e. The number of hydrogen-bond donors (Lipinski definition) is 2. The zero-order chi connectivity index (χ0) is 22.7. The highest BCUT2D eigenvalue weighted by Gasteiger charge is 2.15. The number of amides is 1. The fourth-order valence-corrected chi connectivity index (χ4v) is 4.36. The Balaban J connectivity index is 1.50. The van der Waals surface area contributed by atoms with E-state index in [-0.39, 0.29) is 6.10 Å². The van der Waals surface area contributed by atoms with Gasteiger partial charge in [0.05, 0.1) is 17.5 Å². The molecule has 0 bridgehead atoms. The minimum atomic E-state index is -0.482. The molecule has 0 unspecified atom stereocenters. The van der Waals surface area contributed by atoms with E-state index in [9.17, 15) is 4.79 Å². The number of nitrogens with two attached hydrogens (primary N) is 1. The summed E-state index contributed by atoms with van der Waals surface area (Å²) in [6.45, 7) is 8.18. The Morgan fingerprint density at radius 2 is 1.84 bits per heavy atom. The van der Waals surface area contributed by atoms with Crippen LogP contribution in [0.1, 0.15) is 24.2 Å². The van der Waals surface area contributed by atoms with E-state index in [2.05, 4.69) is 46.4 Å². The molecule has 0 radical (unpaired) electrons. The summed E-state index contributed by atoms with van der Waals surface area (Å²) in [7, 11) is 2.16. The van der Waals surface area contributed by atoms with Crippen LogP contribution in [0.15, 0.2) is 47.8 Å². The molecule has 4 rings (SSSR count). The Morgan fingerprint density at radius 1 is 1.12 bits per heavy atom. The standard InChI is InChI=1S/C24H29N5O2S/c1-16(2)31-22-9-6-18(23(25)30)14-20(22)26-24-27-21(15-32-24)17-4-7-19(8-5-17)29-12-10-28(3)11-13-29/h4-9,14-16H,10-13H2,1-3H3,(H2,25,30)(H,26,27). The average Bonchev–Trinajstić information content (AvgIpc) is 3.24. The van der Waals surface area contributed by atoms with Crippen LogP contribution in [0.25, 0.3) is 11.3 Å². The second kappa shape index (κ2) is 9.58. The van der Waals surface area contributed by atoms with E-state index in [0.717, 1.165) is 42.6 Å². The van der Waals surface area contributed by atoms with Crippen molar-refractivity contribution in [3.63, 3.8) is 0 Å². The van der Waals surface area contributed by atoms with Crippen LogP contribution in [0.2, 0.25) is 0 Å². The summed E-state index contributed by atoms with van der Waals surface area (Å²) in [5.41, 5.74) is 9.75. The molecule has 1 fully saturated rings. The summed E-state index contributed by atoms with van der Waals surface area (Å²) >= 11 is 1.50. The maximum atomic E-state index is 11.6. The van der Waals surface area contributed by atoms with Crippen molar-refractivity contribution in [2.24, 2.45) is 5.73 Å². The third-order valence-corrected chi connectivity index (χ3v) is 6.16. The van der Waals surface area contributed by atoms with Crippen LogP contribution in [0.4, 0.5) is 16.5 Å². The van der Waals surface area contributed by atoms with Crippen LogP contribution in [-0.4, -0.2) is 55.1 Å². The van der Waals surface area contributed by atoms with E-state index in [0.29, 0.717) is 17.0 Å². The van der Waals surface area contributed by atoms with Crippen molar-refractivity contribution < 1.29 is 9.53 Å². The van der Waals surface area contributed by atoms with Gasteiger partial charge in [-0.1, -0.05) is 12.1 Å². The first-order valence-corrected chi connectivity index (χ1v) is 11.6. The number of carbonyl (C=O) groups is 1. The van der Waals surface area contributed by atoms with Gasteiger partial charge in [0.15, 0.2) is 5.13 Å². The molecular formula is C24H29N5O2S. The molecule has 1 aromatic heterocycles. The van der Waals surface area contributed by atoms with Crippen LogP contribution >= 0.6 is 11.3 Å². The van der Waals surface area contributed by atoms with Gasteiger partial charge in [-0.2, -0.15) is 0 Å². The Kier molecular flexibility index (Phi) is 6.62. The Morgan fingerprint density at radius 3 is 2.50 bits per heavy atom. The number of anilines is 3. The number of likely N-dealkylation sites (N-methyl/N-ethyl adjacent to an activating group) is 1. The molecule has 8 heteroatoms. The van der Waals surface area contributed by atoms with E-state index >= 15 is 0 Å². The van der Waals surface area contributed by atoms with E-state index in [1.807, 2.05) is 19.2 Å². The van der Waals surface area contributed by atoms with Gasteiger partial charge in [-0.15, -0.1) is 11.3 Å². The Hall–Kier alpha value is -3.10. The third-order valence-electron chi connectivity index (χ3n) is 5.40. The number of thiazole rings is 1. The van der Waals surface area contributed by atoms with Crippen LogP contribution in [0.3, 0.4) is 0 Å². The van der Waals surface area contributed by atoms with Gasteiger partial charge in [0.1, 0.15) is 5.75 Å². The molecule has 1 amide bonds. The highest BCUT2D eigenvalue weighted by atomic mass is 32.1. The van der Waals surface area contributed by atoms with Gasteiger partial charge in [0, 0.05) is 48.4 Å². The first-order valence-electron chi connectivity index (χ1n) is 10.8. The van der Waals surface area contributed by atoms with Crippen LogP contribution in [-0.2, 0) is 0 Å². The number of aromatic nitrogens is 1. The zero-order valence-electron chi connectivity index (χ0n) is 18.7. The highest BCUT2D eigenvalue weighted by Crippen LogP contribution is 2.33. The molecule has 0 aliphatic carbocycles. The first-order chi connectivity index (χ1) is 15.4. The van der Waals surface area contributed by atoms with Gasteiger partial charge >= 0.3 is 0 Å².